The van der Waals surface area contributed by atoms with Crippen LogP contribution in [0, 0.1) is 6.92 Å². The summed E-state index contributed by atoms with van der Waals surface area (Å²) < 4.78 is 15.4. The molecule has 0 aromatic heterocycles. The fourth-order valence-electron chi connectivity index (χ4n) is 3.77. The fraction of sp³-hybridized carbons (Fsp3) is 0.250. The summed E-state index contributed by atoms with van der Waals surface area (Å²) in [6.45, 7) is 4.97. The summed E-state index contributed by atoms with van der Waals surface area (Å²) in [5.74, 6) is 0. The van der Waals surface area contributed by atoms with Crippen molar-refractivity contribution in [3.63, 3.8) is 0 Å². The van der Waals surface area contributed by atoms with Gasteiger partial charge >= 0.3 is 0 Å². The Kier molecular flexibility index (Phi) is 5.68. The van der Waals surface area contributed by atoms with Crippen LogP contribution in [0.2, 0.25) is 5.02 Å². The number of anilines is 1. The molecule has 2 nitrogen and oxygen atoms in total. The number of nitrogens with zero attached hydrogens (tertiary/aromatic N) is 1. The molecule has 0 bridgehead atoms. The fourth-order valence-corrected chi connectivity index (χ4v) is 5.40. The largest absolute Gasteiger partial charge is 0.588 e. The topological polar surface area (TPSA) is 26.3 Å². The van der Waals surface area contributed by atoms with Crippen LogP contribution in [0.15, 0.2) is 65.6 Å². The molecule has 1 atom stereocenters. The van der Waals surface area contributed by atoms with Crippen molar-refractivity contribution in [2.75, 3.05) is 10.8 Å². The Morgan fingerprint density at radius 1 is 1.04 bits per heavy atom. The van der Waals surface area contributed by atoms with Gasteiger partial charge in [-0.1, -0.05) is 48.9 Å². The van der Waals surface area contributed by atoms with Crippen LogP contribution in [-0.4, -0.2) is 11.1 Å². The summed E-state index contributed by atoms with van der Waals surface area (Å²) in [6, 6.07) is 20.7. The minimum Gasteiger partial charge on any atom is -0.588 e. The Morgan fingerprint density at radius 3 is 2.68 bits per heavy atom. The predicted octanol–water partition coefficient (Wildman–Crippen LogP) is 6.35. The maximum atomic E-state index is 13.3. The molecular formula is C24H24ClNOS. The maximum Gasteiger partial charge on any atom is 0.180 e. The van der Waals surface area contributed by atoms with E-state index in [0.29, 0.717) is 0 Å². The first-order valence-electron chi connectivity index (χ1n) is 9.74. The van der Waals surface area contributed by atoms with Gasteiger partial charge in [-0.15, -0.1) is 0 Å². The van der Waals surface area contributed by atoms with E-state index in [-0.39, 0.29) is 0 Å². The zero-order valence-corrected chi connectivity index (χ0v) is 17.8. The number of hydrogen-bond acceptors (Lipinski definition) is 2. The molecule has 0 spiro atoms. The van der Waals surface area contributed by atoms with E-state index in [4.69, 9.17) is 11.6 Å². The molecule has 28 heavy (non-hydrogen) atoms. The standard InChI is InChI=1S/C24H24ClNOS/c1-3-18-13-21(15-22(25)14-18)20-10-9-19-7-5-11-26(24(19)16-20)28(27)23-8-4-6-17(2)12-23/h4,6,8-10,12-16H,3,5,7,11H2,1-2H3. The summed E-state index contributed by atoms with van der Waals surface area (Å²) in [4.78, 5) is 0.856. The first-order chi connectivity index (χ1) is 13.5. The van der Waals surface area contributed by atoms with E-state index in [1.54, 1.807) is 0 Å². The molecular weight excluding hydrogens is 386 g/mol. The first kappa shape index (κ1) is 19.4. The quantitative estimate of drug-likeness (QED) is 0.469. The van der Waals surface area contributed by atoms with Crippen LogP contribution in [-0.2, 0) is 24.2 Å². The van der Waals surface area contributed by atoms with Crippen molar-refractivity contribution in [3.05, 3.63) is 82.4 Å². The molecule has 3 aromatic rings. The third-order valence-electron chi connectivity index (χ3n) is 5.25. The highest BCUT2D eigenvalue weighted by Gasteiger charge is 2.28. The Hall–Kier alpha value is -1.94. The third-order valence-corrected chi connectivity index (χ3v) is 6.91. The van der Waals surface area contributed by atoms with Crippen molar-refractivity contribution in [2.45, 2.75) is 38.0 Å². The van der Waals surface area contributed by atoms with Gasteiger partial charge in [0.1, 0.15) is 11.4 Å². The second kappa shape index (κ2) is 8.20. The minimum absolute atomic E-state index is 0.757. The summed E-state index contributed by atoms with van der Waals surface area (Å²) in [5.41, 5.74) is 6.90. The van der Waals surface area contributed by atoms with Crippen molar-refractivity contribution >= 4 is 28.7 Å². The first-order valence-corrected chi connectivity index (χ1v) is 11.2. The van der Waals surface area contributed by atoms with Crippen LogP contribution in [0.1, 0.15) is 30.0 Å². The van der Waals surface area contributed by atoms with Crippen molar-refractivity contribution in [1.29, 1.82) is 0 Å². The van der Waals surface area contributed by atoms with Gasteiger partial charge in [0, 0.05) is 5.02 Å². The highest BCUT2D eigenvalue weighted by atomic mass is 35.5. The number of hydrogen-bond donors (Lipinski definition) is 0. The maximum absolute atomic E-state index is 13.3. The van der Waals surface area contributed by atoms with Gasteiger partial charge in [0.25, 0.3) is 0 Å². The number of benzene rings is 3. The van der Waals surface area contributed by atoms with E-state index in [1.165, 1.54) is 11.1 Å². The lowest BCUT2D eigenvalue weighted by molar-refractivity contribution is 0.585. The van der Waals surface area contributed by atoms with Crippen molar-refractivity contribution in [1.82, 2.24) is 0 Å². The highest BCUT2D eigenvalue weighted by molar-refractivity contribution is 7.92. The molecule has 4 heteroatoms. The van der Waals surface area contributed by atoms with Crippen molar-refractivity contribution in [2.24, 2.45) is 0 Å². The molecule has 4 rings (SSSR count). The molecule has 0 saturated heterocycles. The van der Waals surface area contributed by atoms with E-state index < -0.39 is 11.4 Å². The molecule has 1 heterocycles. The predicted molar refractivity (Wildman–Crippen MR) is 120 cm³/mol. The highest BCUT2D eigenvalue weighted by Crippen LogP contribution is 2.36. The number of fused-ring (bicyclic) bond motifs is 1. The van der Waals surface area contributed by atoms with Crippen LogP contribution in [0.3, 0.4) is 0 Å². The molecule has 0 saturated carbocycles. The molecule has 0 radical (unpaired) electrons. The second-order valence-corrected chi connectivity index (χ2v) is 9.16. The molecule has 1 aliphatic rings. The van der Waals surface area contributed by atoms with E-state index in [0.717, 1.165) is 58.1 Å². The Labute approximate surface area is 175 Å². The van der Waals surface area contributed by atoms with E-state index in [2.05, 4.69) is 31.2 Å². The Balaban J connectivity index is 1.74. The van der Waals surface area contributed by atoms with E-state index >= 15 is 0 Å². The molecule has 1 unspecified atom stereocenters. The molecule has 3 aromatic carbocycles. The smallest absolute Gasteiger partial charge is 0.180 e. The number of rotatable bonds is 4. The lowest BCUT2D eigenvalue weighted by Crippen LogP contribution is -2.35. The molecule has 144 valence electrons. The van der Waals surface area contributed by atoms with Gasteiger partial charge in [0.05, 0.1) is 12.2 Å². The second-order valence-electron chi connectivity index (χ2n) is 7.32. The number of halogens is 1. The summed E-state index contributed by atoms with van der Waals surface area (Å²) in [7, 11) is 0. The van der Waals surface area contributed by atoms with Crippen molar-refractivity contribution in [3.8, 4) is 11.1 Å². The minimum atomic E-state index is -1.21. The Bertz CT molecular complexity index is 1000. The molecule has 0 amide bonds. The summed E-state index contributed by atoms with van der Waals surface area (Å²) in [6.07, 6.45) is 2.98. The Morgan fingerprint density at radius 2 is 1.89 bits per heavy atom. The lowest BCUT2D eigenvalue weighted by atomic mass is 9.96. The summed E-state index contributed by atoms with van der Waals surface area (Å²) >= 11 is 5.13. The van der Waals surface area contributed by atoms with E-state index in [9.17, 15) is 4.55 Å². The molecule has 0 N–H and O–H groups in total. The zero-order chi connectivity index (χ0) is 19.7. The van der Waals surface area contributed by atoms with Gasteiger partial charge in [-0.2, -0.15) is 4.31 Å². The van der Waals surface area contributed by atoms with Crippen LogP contribution >= 0.6 is 11.6 Å². The van der Waals surface area contributed by atoms with Gasteiger partial charge in [0.2, 0.25) is 0 Å². The van der Waals surface area contributed by atoms with Gasteiger partial charge < -0.3 is 4.55 Å². The van der Waals surface area contributed by atoms with Crippen LogP contribution < -0.4 is 4.31 Å². The summed E-state index contributed by atoms with van der Waals surface area (Å²) in [5, 5.41) is 0.757. The van der Waals surface area contributed by atoms with Crippen LogP contribution in [0.4, 0.5) is 5.69 Å². The van der Waals surface area contributed by atoms with Gasteiger partial charge in [-0.05, 0) is 84.3 Å². The number of aryl methyl sites for hydroxylation is 3. The molecule has 1 aliphatic heterocycles. The van der Waals surface area contributed by atoms with Gasteiger partial charge in [0.15, 0.2) is 4.90 Å². The van der Waals surface area contributed by atoms with E-state index in [1.807, 2.05) is 47.6 Å². The average molecular weight is 410 g/mol. The third kappa shape index (κ3) is 3.93. The van der Waals surface area contributed by atoms with Crippen LogP contribution in [0.25, 0.3) is 11.1 Å². The SMILES string of the molecule is CCc1cc(Cl)cc(-c2ccc3c(c2)N([S+]([O-])c2cccc(C)c2)CCC3)c1. The monoisotopic (exact) mass is 409 g/mol. The molecule has 0 aliphatic carbocycles. The average Bonchev–Trinajstić information content (AvgIpc) is 2.72. The van der Waals surface area contributed by atoms with Gasteiger partial charge in [-0.3, -0.25) is 0 Å². The zero-order valence-electron chi connectivity index (χ0n) is 16.2. The van der Waals surface area contributed by atoms with Gasteiger partial charge in [-0.25, -0.2) is 0 Å². The lowest BCUT2D eigenvalue weighted by Gasteiger charge is -2.31. The normalized spacial score (nSPS) is 14.6. The van der Waals surface area contributed by atoms with Crippen molar-refractivity contribution < 1.29 is 4.55 Å². The molecule has 0 fully saturated rings. The van der Waals surface area contributed by atoms with Crippen LogP contribution in [0.5, 0.6) is 0 Å².